The minimum Gasteiger partial charge on any atom is -0.339 e. The van der Waals surface area contributed by atoms with Gasteiger partial charge in [0.1, 0.15) is 0 Å². The Kier molecular flexibility index (Phi) is 4.36. The summed E-state index contributed by atoms with van der Waals surface area (Å²) in [6, 6.07) is 9.57. The second-order valence-corrected chi connectivity index (χ2v) is 3.36. The minimum absolute atomic E-state index is 0.415. The van der Waals surface area contributed by atoms with E-state index in [9.17, 15) is 4.79 Å². The number of nitrogens with zero attached hydrogens (tertiary/aromatic N) is 1. The maximum Gasteiger partial charge on any atom is 0.322 e. The van der Waals surface area contributed by atoms with Gasteiger partial charge >= 0.3 is 5.91 Å². The molecule has 1 amide bonds. The van der Waals surface area contributed by atoms with E-state index in [1.807, 2.05) is 12.1 Å². The summed E-state index contributed by atoms with van der Waals surface area (Å²) in [6.07, 6.45) is 2.20. The molecule has 0 atom stereocenters. The van der Waals surface area contributed by atoms with Crippen molar-refractivity contribution in [3.8, 4) is 6.07 Å². The lowest BCUT2D eigenvalue weighted by molar-refractivity contribution is -0.116. The zero-order valence-corrected chi connectivity index (χ0v) is 8.79. The molecule has 0 saturated heterocycles. The quantitative estimate of drug-likeness (QED) is 0.756. The third-order valence-corrected chi connectivity index (χ3v) is 2.12. The van der Waals surface area contributed by atoms with Gasteiger partial charge < -0.3 is 5.32 Å². The first kappa shape index (κ1) is 11.3. The van der Waals surface area contributed by atoms with Crippen molar-refractivity contribution in [3.63, 3.8) is 0 Å². The number of amides is 1. The number of hydrogen-bond acceptors (Lipinski definition) is 2. The molecule has 1 N–H and O–H groups in total. The van der Waals surface area contributed by atoms with Gasteiger partial charge in [-0.05, 0) is 17.5 Å². The van der Waals surface area contributed by atoms with Crippen LogP contribution in [0.3, 0.4) is 0 Å². The van der Waals surface area contributed by atoms with Crippen LogP contribution in [0, 0.1) is 11.3 Å². The third-order valence-electron chi connectivity index (χ3n) is 2.12. The second kappa shape index (κ2) is 5.82. The first-order valence-electron chi connectivity index (χ1n) is 5.02. The van der Waals surface area contributed by atoms with Gasteiger partial charge in [0, 0.05) is 6.54 Å². The zero-order valence-electron chi connectivity index (χ0n) is 8.79. The maximum absolute atomic E-state index is 10.7. The summed E-state index contributed by atoms with van der Waals surface area (Å²) in [6.45, 7) is 2.56. The highest BCUT2D eigenvalue weighted by atomic mass is 16.1. The molecule has 0 saturated carbocycles. The molecule has 0 heterocycles. The first-order chi connectivity index (χ1) is 7.26. The van der Waals surface area contributed by atoms with Crippen molar-refractivity contribution in [2.45, 2.75) is 26.3 Å². The molecule has 3 heteroatoms. The Hall–Kier alpha value is -1.82. The molecule has 78 valence electrons. The van der Waals surface area contributed by atoms with Crippen LogP contribution in [0.5, 0.6) is 0 Å². The second-order valence-electron chi connectivity index (χ2n) is 3.36. The first-order valence-corrected chi connectivity index (χ1v) is 5.02. The van der Waals surface area contributed by atoms with Crippen molar-refractivity contribution in [1.29, 1.82) is 5.26 Å². The third kappa shape index (κ3) is 3.82. The highest BCUT2D eigenvalue weighted by Gasteiger charge is 1.98. The fourth-order valence-electron chi connectivity index (χ4n) is 1.33. The van der Waals surface area contributed by atoms with E-state index in [0.29, 0.717) is 6.54 Å². The van der Waals surface area contributed by atoms with E-state index in [2.05, 4.69) is 24.4 Å². The Morgan fingerprint density at radius 2 is 1.93 bits per heavy atom. The smallest absolute Gasteiger partial charge is 0.322 e. The van der Waals surface area contributed by atoms with Gasteiger partial charge in [0.05, 0.1) is 0 Å². The number of hydrogen-bond donors (Lipinski definition) is 1. The number of nitriles is 1. The van der Waals surface area contributed by atoms with Gasteiger partial charge in [-0.2, -0.15) is 5.26 Å². The largest absolute Gasteiger partial charge is 0.339 e. The highest BCUT2D eigenvalue weighted by molar-refractivity contribution is 5.91. The van der Waals surface area contributed by atoms with Crippen LogP contribution in [0.4, 0.5) is 0 Å². The molecular formula is C12H14N2O. The number of carbonyl (C=O) groups is 1. The van der Waals surface area contributed by atoms with E-state index in [-0.39, 0.29) is 0 Å². The van der Waals surface area contributed by atoms with Crippen LogP contribution in [0.2, 0.25) is 0 Å². The summed E-state index contributed by atoms with van der Waals surface area (Å²) in [5.41, 5.74) is 2.31. The summed E-state index contributed by atoms with van der Waals surface area (Å²) in [5, 5.41) is 10.8. The van der Waals surface area contributed by atoms with E-state index in [1.165, 1.54) is 11.6 Å². The summed E-state index contributed by atoms with van der Waals surface area (Å²) in [5.74, 6) is -0.590. The van der Waals surface area contributed by atoms with Crippen LogP contribution < -0.4 is 5.32 Å². The predicted molar refractivity (Wildman–Crippen MR) is 57.9 cm³/mol. The van der Waals surface area contributed by atoms with Gasteiger partial charge in [0.15, 0.2) is 6.07 Å². The molecule has 0 bridgehead atoms. The Labute approximate surface area is 89.7 Å². The number of rotatable bonds is 4. The SMILES string of the molecule is CCCc1ccc(CNC(=O)C#N)cc1. The predicted octanol–water partition coefficient (Wildman–Crippen LogP) is 1.78. The van der Waals surface area contributed by atoms with Gasteiger partial charge in [-0.25, -0.2) is 0 Å². The maximum atomic E-state index is 10.7. The number of carbonyl (C=O) groups excluding carboxylic acids is 1. The lowest BCUT2D eigenvalue weighted by atomic mass is 10.1. The Balaban J connectivity index is 2.50. The number of aryl methyl sites for hydroxylation is 1. The van der Waals surface area contributed by atoms with Crippen LogP contribution in [-0.2, 0) is 17.8 Å². The molecule has 0 aromatic heterocycles. The Bertz CT molecular complexity index is 362. The highest BCUT2D eigenvalue weighted by Crippen LogP contribution is 2.06. The van der Waals surface area contributed by atoms with Crippen LogP contribution in [0.15, 0.2) is 24.3 Å². The Morgan fingerprint density at radius 3 is 2.47 bits per heavy atom. The molecule has 0 aliphatic heterocycles. The van der Waals surface area contributed by atoms with E-state index in [4.69, 9.17) is 5.26 Å². The standard InChI is InChI=1S/C12H14N2O/c1-2-3-10-4-6-11(7-5-10)9-14-12(15)8-13/h4-7H,2-3,9H2,1H3,(H,14,15). The van der Waals surface area contributed by atoms with E-state index in [0.717, 1.165) is 18.4 Å². The van der Waals surface area contributed by atoms with Crippen LogP contribution in [0.25, 0.3) is 0 Å². The lowest BCUT2D eigenvalue weighted by Gasteiger charge is -2.03. The van der Waals surface area contributed by atoms with Crippen LogP contribution in [-0.4, -0.2) is 5.91 Å². The van der Waals surface area contributed by atoms with E-state index >= 15 is 0 Å². The average molecular weight is 202 g/mol. The summed E-state index contributed by atoms with van der Waals surface area (Å²) in [4.78, 5) is 10.7. The fourth-order valence-corrected chi connectivity index (χ4v) is 1.33. The average Bonchev–Trinajstić information content (AvgIpc) is 2.28. The molecule has 0 unspecified atom stereocenters. The van der Waals surface area contributed by atoms with Crippen molar-refractivity contribution in [1.82, 2.24) is 5.32 Å². The molecule has 0 aliphatic carbocycles. The van der Waals surface area contributed by atoms with Gasteiger partial charge in [-0.1, -0.05) is 37.6 Å². The van der Waals surface area contributed by atoms with Crippen molar-refractivity contribution < 1.29 is 4.79 Å². The molecular weight excluding hydrogens is 188 g/mol. The number of benzene rings is 1. The summed E-state index contributed by atoms with van der Waals surface area (Å²) >= 11 is 0. The number of nitrogens with one attached hydrogen (secondary N) is 1. The Morgan fingerprint density at radius 1 is 1.33 bits per heavy atom. The van der Waals surface area contributed by atoms with Gasteiger partial charge in [0.2, 0.25) is 0 Å². The van der Waals surface area contributed by atoms with Crippen molar-refractivity contribution in [2.24, 2.45) is 0 Å². The lowest BCUT2D eigenvalue weighted by Crippen LogP contribution is -2.20. The normalized spacial score (nSPS) is 9.33. The summed E-state index contributed by atoms with van der Waals surface area (Å²) in [7, 11) is 0. The molecule has 0 spiro atoms. The van der Waals surface area contributed by atoms with Crippen LogP contribution >= 0.6 is 0 Å². The molecule has 3 nitrogen and oxygen atoms in total. The van der Waals surface area contributed by atoms with Crippen LogP contribution in [0.1, 0.15) is 24.5 Å². The molecule has 1 rings (SSSR count). The van der Waals surface area contributed by atoms with Crippen molar-refractivity contribution in [2.75, 3.05) is 0 Å². The van der Waals surface area contributed by atoms with Crippen molar-refractivity contribution in [3.05, 3.63) is 35.4 Å². The molecule has 1 aromatic rings. The van der Waals surface area contributed by atoms with E-state index in [1.54, 1.807) is 0 Å². The van der Waals surface area contributed by atoms with Gasteiger partial charge in [-0.15, -0.1) is 0 Å². The fraction of sp³-hybridized carbons (Fsp3) is 0.333. The van der Waals surface area contributed by atoms with E-state index < -0.39 is 5.91 Å². The van der Waals surface area contributed by atoms with Gasteiger partial charge in [0.25, 0.3) is 0 Å². The zero-order chi connectivity index (χ0) is 11.1. The topological polar surface area (TPSA) is 52.9 Å². The molecule has 0 aliphatic rings. The minimum atomic E-state index is -0.590. The molecule has 0 radical (unpaired) electrons. The monoisotopic (exact) mass is 202 g/mol. The molecule has 0 fully saturated rings. The van der Waals surface area contributed by atoms with Gasteiger partial charge in [-0.3, -0.25) is 4.79 Å². The molecule has 15 heavy (non-hydrogen) atoms. The van der Waals surface area contributed by atoms with Crippen molar-refractivity contribution >= 4 is 5.91 Å². The summed E-state index contributed by atoms with van der Waals surface area (Å²) < 4.78 is 0. The molecule has 1 aromatic carbocycles.